The molecule has 0 atom stereocenters. The molecule has 2 rings (SSSR count). The van der Waals surface area contributed by atoms with Crippen molar-refractivity contribution < 1.29 is 9.13 Å². The highest BCUT2D eigenvalue weighted by atomic mass is 19.1. The minimum atomic E-state index is -0.321. The van der Waals surface area contributed by atoms with E-state index in [0.717, 1.165) is 25.9 Å². The molecule has 2 N–H and O–H groups in total. The fourth-order valence-corrected chi connectivity index (χ4v) is 2.13. The number of rotatable bonds is 4. The molecule has 5 nitrogen and oxygen atoms in total. The van der Waals surface area contributed by atoms with E-state index in [-0.39, 0.29) is 11.9 Å². The highest BCUT2D eigenvalue weighted by molar-refractivity contribution is 5.41. The number of hydrogen-bond acceptors (Lipinski definition) is 5. The van der Waals surface area contributed by atoms with Crippen molar-refractivity contribution in [1.82, 2.24) is 9.97 Å². The average Bonchev–Trinajstić information content (AvgIpc) is 2.40. The third-order valence-electron chi connectivity index (χ3n) is 3.16. The van der Waals surface area contributed by atoms with Crippen LogP contribution in [0.3, 0.4) is 0 Å². The summed E-state index contributed by atoms with van der Waals surface area (Å²) in [5, 5.41) is 0. The molecule has 1 aromatic rings. The van der Waals surface area contributed by atoms with Gasteiger partial charge in [-0.05, 0) is 19.8 Å². The predicted molar refractivity (Wildman–Crippen MR) is 67.0 cm³/mol. The maximum Gasteiger partial charge on any atom is 0.186 e. The number of halogens is 1. The highest BCUT2D eigenvalue weighted by Gasteiger charge is 2.23. The Kier molecular flexibility index (Phi) is 4.43. The van der Waals surface area contributed by atoms with Gasteiger partial charge in [-0.15, -0.1) is 0 Å². The van der Waals surface area contributed by atoms with E-state index in [2.05, 4.69) is 9.97 Å². The molecule has 0 bridgehead atoms. The summed E-state index contributed by atoms with van der Waals surface area (Å²) < 4.78 is 19.5. The molecule has 1 aliphatic rings. The molecule has 0 amide bonds. The Balaban J connectivity index is 1.95. The van der Waals surface area contributed by atoms with Gasteiger partial charge in [-0.1, -0.05) is 0 Å². The smallest absolute Gasteiger partial charge is 0.186 e. The van der Waals surface area contributed by atoms with Crippen molar-refractivity contribution in [1.29, 1.82) is 0 Å². The van der Waals surface area contributed by atoms with E-state index >= 15 is 0 Å². The third kappa shape index (κ3) is 2.94. The second-order valence-corrected chi connectivity index (χ2v) is 4.44. The monoisotopic (exact) mass is 254 g/mol. The standard InChI is InChI=1S/C12H19FN4O/c1-9-11(13)12(16-8-15-9)17-5-2-10(3-6-17)18-7-4-14/h8,10H,2-7,14H2,1H3. The van der Waals surface area contributed by atoms with Crippen LogP contribution in [-0.4, -0.2) is 42.3 Å². The second kappa shape index (κ2) is 6.06. The van der Waals surface area contributed by atoms with Gasteiger partial charge in [0.2, 0.25) is 0 Å². The summed E-state index contributed by atoms with van der Waals surface area (Å²) in [6, 6.07) is 0. The molecule has 1 fully saturated rings. The molecule has 2 heterocycles. The van der Waals surface area contributed by atoms with Gasteiger partial charge in [0.25, 0.3) is 0 Å². The van der Waals surface area contributed by atoms with Gasteiger partial charge in [-0.3, -0.25) is 0 Å². The average molecular weight is 254 g/mol. The normalized spacial score (nSPS) is 17.2. The van der Waals surface area contributed by atoms with E-state index in [1.54, 1.807) is 6.92 Å². The largest absolute Gasteiger partial charge is 0.377 e. The summed E-state index contributed by atoms with van der Waals surface area (Å²) in [5.74, 6) is 0.0820. The Hall–Kier alpha value is -1.27. The van der Waals surface area contributed by atoms with Gasteiger partial charge in [0, 0.05) is 19.6 Å². The van der Waals surface area contributed by atoms with Crippen LogP contribution in [0, 0.1) is 12.7 Å². The zero-order valence-electron chi connectivity index (χ0n) is 10.6. The molecule has 1 saturated heterocycles. The van der Waals surface area contributed by atoms with Gasteiger partial charge in [0.05, 0.1) is 18.4 Å². The molecule has 1 aromatic heterocycles. The van der Waals surface area contributed by atoms with E-state index in [1.165, 1.54) is 6.33 Å². The third-order valence-corrected chi connectivity index (χ3v) is 3.16. The first-order valence-electron chi connectivity index (χ1n) is 6.26. The number of anilines is 1. The van der Waals surface area contributed by atoms with Crippen LogP contribution in [0.15, 0.2) is 6.33 Å². The fourth-order valence-electron chi connectivity index (χ4n) is 2.13. The van der Waals surface area contributed by atoms with Crippen molar-refractivity contribution in [2.75, 3.05) is 31.1 Å². The Labute approximate surface area is 106 Å². The van der Waals surface area contributed by atoms with Gasteiger partial charge >= 0.3 is 0 Å². The van der Waals surface area contributed by atoms with E-state index < -0.39 is 0 Å². The number of ether oxygens (including phenoxy) is 1. The van der Waals surface area contributed by atoms with Gasteiger partial charge in [0.15, 0.2) is 11.6 Å². The van der Waals surface area contributed by atoms with Crippen molar-refractivity contribution in [2.24, 2.45) is 5.73 Å². The van der Waals surface area contributed by atoms with Crippen molar-refractivity contribution in [3.63, 3.8) is 0 Å². The topological polar surface area (TPSA) is 64.3 Å². The van der Waals surface area contributed by atoms with E-state index in [0.29, 0.717) is 24.7 Å². The molecule has 0 unspecified atom stereocenters. The first kappa shape index (κ1) is 13.2. The van der Waals surface area contributed by atoms with Crippen LogP contribution in [0.4, 0.5) is 10.2 Å². The number of aryl methyl sites for hydroxylation is 1. The summed E-state index contributed by atoms with van der Waals surface area (Å²) in [6.45, 7) is 4.29. The van der Waals surface area contributed by atoms with E-state index in [1.807, 2.05) is 4.90 Å². The number of aromatic nitrogens is 2. The first-order chi connectivity index (χ1) is 8.72. The summed E-state index contributed by atoms with van der Waals surface area (Å²) in [7, 11) is 0. The van der Waals surface area contributed by atoms with Crippen LogP contribution in [-0.2, 0) is 4.74 Å². The molecule has 0 aliphatic carbocycles. The lowest BCUT2D eigenvalue weighted by molar-refractivity contribution is 0.0420. The maximum absolute atomic E-state index is 13.9. The number of nitrogens with two attached hydrogens (primary N) is 1. The predicted octanol–water partition coefficient (Wildman–Crippen LogP) is 0.868. The van der Waals surface area contributed by atoms with E-state index in [4.69, 9.17) is 10.5 Å². The van der Waals surface area contributed by atoms with Gasteiger partial charge in [0.1, 0.15) is 6.33 Å². The van der Waals surface area contributed by atoms with Gasteiger partial charge < -0.3 is 15.4 Å². The molecule has 18 heavy (non-hydrogen) atoms. The molecule has 100 valence electrons. The zero-order valence-corrected chi connectivity index (χ0v) is 10.6. The van der Waals surface area contributed by atoms with Gasteiger partial charge in [-0.25, -0.2) is 14.4 Å². The summed E-state index contributed by atoms with van der Waals surface area (Å²) in [4.78, 5) is 9.82. The van der Waals surface area contributed by atoms with Crippen LogP contribution in [0.1, 0.15) is 18.5 Å². The molecular formula is C12H19FN4O. The molecule has 1 aliphatic heterocycles. The Morgan fingerprint density at radius 2 is 2.17 bits per heavy atom. The lowest BCUT2D eigenvalue weighted by Gasteiger charge is -2.32. The SMILES string of the molecule is Cc1ncnc(N2CCC(OCCN)CC2)c1F. The minimum absolute atomic E-state index is 0.232. The maximum atomic E-state index is 13.9. The number of nitrogens with zero attached hydrogens (tertiary/aromatic N) is 3. The minimum Gasteiger partial charge on any atom is -0.377 e. The number of piperidine rings is 1. The van der Waals surface area contributed by atoms with Gasteiger partial charge in [-0.2, -0.15) is 0 Å². The molecule has 0 radical (unpaired) electrons. The van der Waals surface area contributed by atoms with Crippen molar-refractivity contribution in [3.05, 3.63) is 17.8 Å². The van der Waals surface area contributed by atoms with Crippen LogP contribution in [0.2, 0.25) is 0 Å². The zero-order chi connectivity index (χ0) is 13.0. The molecule has 6 heteroatoms. The van der Waals surface area contributed by atoms with Crippen LogP contribution in [0.5, 0.6) is 0 Å². The molecule has 0 spiro atoms. The van der Waals surface area contributed by atoms with E-state index in [9.17, 15) is 4.39 Å². The summed E-state index contributed by atoms with van der Waals surface area (Å²) >= 11 is 0. The van der Waals surface area contributed by atoms with Crippen molar-refractivity contribution >= 4 is 5.82 Å². The Bertz CT molecular complexity index is 394. The first-order valence-corrected chi connectivity index (χ1v) is 6.26. The summed E-state index contributed by atoms with van der Waals surface area (Å²) in [5.41, 5.74) is 5.79. The summed E-state index contributed by atoms with van der Waals surface area (Å²) in [6.07, 6.45) is 3.39. The lowest BCUT2D eigenvalue weighted by atomic mass is 10.1. The van der Waals surface area contributed by atoms with Crippen LogP contribution < -0.4 is 10.6 Å². The van der Waals surface area contributed by atoms with Crippen LogP contribution >= 0.6 is 0 Å². The molecular weight excluding hydrogens is 235 g/mol. The fraction of sp³-hybridized carbons (Fsp3) is 0.667. The van der Waals surface area contributed by atoms with Crippen LogP contribution in [0.25, 0.3) is 0 Å². The van der Waals surface area contributed by atoms with Crippen molar-refractivity contribution in [2.45, 2.75) is 25.9 Å². The highest BCUT2D eigenvalue weighted by Crippen LogP contribution is 2.22. The lowest BCUT2D eigenvalue weighted by Crippen LogP contribution is -2.38. The second-order valence-electron chi connectivity index (χ2n) is 4.44. The molecule has 0 saturated carbocycles. The van der Waals surface area contributed by atoms with Crippen molar-refractivity contribution in [3.8, 4) is 0 Å². The number of hydrogen-bond donors (Lipinski definition) is 1. The quantitative estimate of drug-likeness (QED) is 0.863. The Morgan fingerprint density at radius 1 is 1.44 bits per heavy atom. The Morgan fingerprint density at radius 3 is 2.83 bits per heavy atom. The molecule has 0 aromatic carbocycles.